The maximum atomic E-state index is 12.9. The smallest absolute Gasteiger partial charge is 0.309 e. The van der Waals surface area contributed by atoms with E-state index in [1.807, 2.05) is 6.08 Å². The van der Waals surface area contributed by atoms with E-state index in [4.69, 9.17) is 14.2 Å². The molecule has 0 aromatic carbocycles. The minimum atomic E-state index is -0.845. The lowest BCUT2D eigenvalue weighted by Gasteiger charge is -2.18. The van der Waals surface area contributed by atoms with E-state index in [2.05, 4.69) is 203 Å². The first kappa shape index (κ1) is 75.2. The van der Waals surface area contributed by atoms with E-state index in [-0.39, 0.29) is 38.0 Å². The molecule has 450 valence electrons. The summed E-state index contributed by atoms with van der Waals surface area (Å²) in [5.41, 5.74) is 0. The molecule has 0 aromatic rings. The van der Waals surface area contributed by atoms with Gasteiger partial charge in [0.1, 0.15) is 13.2 Å². The number of ether oxygens (including phenoxy) is 3. The largest absolute Gasteiger partial charge is 0.462 e. The predicted molar refractivity (Wildman–Crippen MR) is 352 cm³/mol. The monoisotopic (exact) mass is 1110 g/mol. The van der Waals surface area contributed by atoms with Gasteiger partial charge in [-0.1, -0.05) is 273 Å². The minimum Gasteiger partial charge on any atom is -0.462 e. The highest BCUT2D eigenvalue weighted by molar-refractivity contribution is 5.72. The third kappa shape index (κ3) is 64.9. The Morgan fingerprint density at radius 1 is 0.259 bits per heavy atom. The SMILES string of the molecule is CC/C=C\C/C=C\C/C=C\C/C=C\C/C=C\C/C=C\C/C=C\CCCCCCCC(=O)OCC(COC(=O)C/C=C\C/C=C\C/C=C\C/C=C\C/C=C\CC)OC(=O)CCCCCCCCCC/C=C\C/C=C\C/C=C\C/C=C\CC. The average molecular weight is 1110 g/mol. The first-order valence-corrected chi connectivity index (χ1v) is 31.9. The van der Waals surface area contributed by atoms with E-state index in [1.54, 1.807) is 6.08 Å². The van der Waals surface area contributed by atoms with Gasteiger partial charge in [-0.05, 0) is 141 Å². The standard InChI is InChI=1S/C75H114O6/c1-4-7-10-13-16-19-22-25-28-30-32-34-35-36-37-38-39-41-42-44-47-50-53-56-59-62-65-68-74(77)80-71-72(70-79-73(76)67-64-61-58-55-52-49-46-27-24-21-18-15-12-9-6-3)81-75(78)69-66-63-60-57-54-51-48-45-43-40-33-31-29-26-23-20-17-14-11-8-5-2/h7-12,16-21,25-29,32-34,36-37,39-41,44,46-47,52,55,61,64,72H,4-6,13-15,22-24,30-31,35,38,42-43,45,48-51,53-54,56-60,62-63,65-71H2,1-3H3/b10-7-,11-8-,12-9-,19-16-,20-17-,21-18-,28-25-,29-26-,34-32-,37-36-,40-33-,41-39-,46-27-,47-44-,55-52-,64-61-. The quantitative estimate of drug-likeness (QED) is 0.0261. The molecule has 0 amide bonds. The van der Waals surface area contributed by atoms with Crippen molar-refractivity contribution < 1.29 is 28.6 Å². The highest BCUT2D eigenvalue weighted by Crippen LogP contribution is 2.14. The number of unbranched alkanes of at least 4 members (excludes halogenated alkanes) is 13. The molecular weight excluding hydrogens is 997 g/mol. The van der Waals surface area contributed by atoms with Crippen LogP contribution in [0.4, 0.5) is 0 Å². The Bertz CT molecular complexity index is 1950. The molecule has 0 saturated heterocycles. The summed E-state index contributed by atoms with van der Waals surface area (Å²) in [6.45, 7) is 6.17. The summed E-state index contributed by atoms with van der Waals surface area (Å²) >= 11 is 0. The van der Waals surface area contributed by atoms with Crippen LogP contribution in [-0.4, -0.2) is 37.2 Å². The molecule has 6 heteroatoms. The van der Waals surface area contributed by atoms with Crippen LogP contribution < -0.4 is 0 Å². The highest BCUT2D eigenvalue weighted by Gasteiger charge is 2.19. The summed E-state index contributed by atoms with van der Waals surface area (Å²) < 4.78 is 16.8. The molecule has 1 atom stereocenters. The maximum absolute atomic E-state index is 12.9. The molecule has 0 aliphatic heterocycles. The molecule has 0 radical (unpaired) electrons. The minimum absolute atomic E-state index is 0.111. The van der Waals surface area contributed by atoms with Crippen LogP contribution in [0.5, 0.6) is 0 Å². The molecule has 0 aromatic heterocycles. The van der Waals surface area contributed by atoms with Crippen LogP contribution in [0.25, 0.3) is 0 Å². The third-order valence-electron chi connectivity index (χ3n) is 12.6. The molecule has 0 aliphatic carbocycles. The number of esters is 3. The normalized spacial score (nSPS) is 13.5. The van der Waals surface area contributed by atoms with Crippen molar-refractivity contribution in [3.63, 3.8) is 0 Å². The lowest BCUT2D eigenvalue weighted by atomic mass is 10.1. The second-order valence-electron chi connectivity index (χ2n) is 20.2. The number of hydrogen-bond donors (Lipinski definition) is 0. The van der Waals surface area contributed by atoms with Gasteiger partial charge in [-0.3, -0.25) is 14.4 Å². The molecule has 0 saturated carbocycles. The van der Waals surface area contributed by atoms with Crippen LogP contribution in [0.1, 0.15) is 239 Å². The lowest BCUT2D eigenvalue weighted by Crippen LogP contribution is -2.30. The van der Waals surface area contributed by atoms with Crippen molar-refractivity contribution in [1.82, 2.24) is 0 Å². The number of rotatable bonds is 55. The molecule has 0 fully saturated rings. The first-order chi connectivity index (χ1) is 40.0. The second kappa shape index (κ2) is 66.8. The van der Waals surface area contributed by atoms with Crippen LogP contribution in [0, 0.1) is 0 Å². The Morgan fingerprint density at radius 3 is 0.802 bits per heavy atom. The van der Waals surface area contributed by atoms with Gasteiger partial charge in [0.15, 0.2) is 6.10 Å². The van der Waals surface area contributed by atoms with E-state index < -0.39 is 12.1 Å². The van der Waals surface area contributed by atoms with Gasteiger partial charge in [-0.25, -0.2) is 0 Å². The summed E-state index contributed by atoms with van der Waals surface area (Å²) in [4.78, 5) is 38.3. The zero-order chi connectivity index (χ0) is 58.5. The van der Waals surface area contributed by atoms with E-state index in [9.17, 15) is 14.4 Å². The highest BCUT2D eigenvalue weighted by atomic mass is 16.6. The Kier molecular flexibility index (Phi) is 62.0. The van der Waals surface area contributed by atoms with Crippen molar-refractivity contribution in [2.24, 2.45) is 0 Å². The molecule has 1 unspecified atom stereocenters. The summed E-state index contributed by atoms with van der Waals surface area (Å²) in [6, 6.07) is 0. The van der Waals surface area contributed by atoms with Gasteiger partial charge in [0.05, 0.1) is 6.42 Å². The number of carbonyl (C=O) groups is 3. The fourth-order valence-electron chi connectivity index (χ4n) is 7.96. The molecular formula is C75H114O6. The maximum Gasteiger partial charge on any atom is 0.309 e. The van der Waals surface area contributed by atoms with Crippen molar-refractivity contribution in [2.45, 2.75) is 245 Å². The molecule has 0 N–H and O–H groups in total. The lowest BCUT2D eigenvalue weighted by molar-refractivity contribution is -0.166. The summed E-state index contributed by atoms with van der Waals surface area (Å²) in [5, 5.41) is 0. The van der Waals surface area contributed by atoms with Gasteiger partial charge in [0.2, 0.25) is 0 Å². The average Bonchev–Trinajstić information content (AvgIpc) is 3.47. The van der Waals surface area contributed by atoms with Gasteiger partial charge in [-0.15, -0.1) is 0 Å². The first-order valence-electron chi connectivity index (χ1n) is 31.9. The van der Waals surface area contributed by atoms with Crippen molar-refractivity contribution >= 4 is 17.9 Å². The van der Waals surface area contributed by atoms with Crippen molar-refractivity contribution in [2.75, 3.05) is 13.2 Å². The van der Waals surface area contributed by atoms with Crippen molar-refractivity contribution in [3.8, 4) is 0 Å². The van der Waals surface area contributed by atoms with Crippen LogP contribution >= 0.6 is 0 Å². The molecule has 81 heavy (non-hydrogen) atoms. The zero-order valence-corrected chi connectivity index (χ0v) is 51.5. The Labute approximate surface area is 497 Å². The van der Waals surface area contributed by atoms with Crippen molar-refractivity contribution in [1.29, 1.82) is 0 Å². The number of hydrogen-bond acceptors (Lipinski definition) is 6. The molecule has 0 rings (SSSR count). The van der Waals surface area contributed by atoms with E-state index in [0.29, 0.717) is 6.42 Å². The van der Waals surface area contributed by atoms with Crippen LogP contribution in [0.15, 0.2) is 194 Å². The summed E-state index contributed by atoms with van der Waals surface area (Å²) in [5.74, 6) is -1.10. The van der Waals surface area contributed by atoms with Gasteiger partial charge in [-0.2, -0.15) is 0 Å². The number of carbonyl (C=O) groups excluding carboxylic acids is 3. The van der Waals surface area contributed by atoms with Gasteiger partial charge in [0.25, 0.3) is 0 Å². The van der Waals surface area contributed by atoms with E-state index in [1.165, 1.54) is 25.7 Å². The number of allylic oxidation sites excluding steroid dienone is 31. The van der Waals surface area contributed by atoms with Crippen LogP contribution in [0.2, 0.25) is 0 Å². The summed E-state index contributed by atoms with van der Waals surface area (Å²) in [7, 11) is 0. The van der Waals surface area contributed by atoms with E-state index >= 15 is 0 Å². The zero-order valence-electron chi connectivity index (χ0n) is 51.5. The Balaban J connectivity index is 4.53. The molecule has 0 aliphatic rings. The Morgan fingerprint density at radius 2 is 0.494 bits per heavy atom. The molecule has 6 nitrogen and oxygen atoms in total. The Hall–Kier alpha value is -5.75. The van der Waals surface area contributed by atoms with E-state index in [0.717, 1.165) is 173 Å². The fourth-order valence-corrected chi connectivity index (χ4v) is 7.96. The fraction of sp³-hybridized carbons (Fsp3) is 0.533. The van der Waals surface area contributed by atoms with Gasteiger partial charge < -0.3 is 14.2 Å². The molecule has 0 heterocycles. The van der Waals surface area contributed by atoms with Crippen molar-refractivity contribution in [3.05, 3.63) is 194 Å². The third-order valence-corrected chi connectivity index (χ3v) is 12.6. The predicted octanol–water partition coefficient (Wildman–Crippen LogP) is 22.2. The van der Waals surface area contributed by atoms with Gasteiger partial charge >= 0.3 is 17.9 Å². The van der Waals surface area contributed by atoms with Crippen LogP contribution in [0.3, 0.4) is 0 Å². The summed E-state index contributed by atoms with van der Waals surface area (Å²) in [6.07, 6.45) is 102. The second-order valence-corrected chi connectivity index (χ2v) is 20.2. The molecule has 0 spiro atoms. The molecule has 0 bridgehead atoms. The van der Waals surface area contributed by atoms with Crippen LogP contribution in [-0.2, 0) is 28.6 Å². The topological polar surface area (TPSA) is 78.9 Å². The van der Waals surface area contributed by atoms with Gasteiger partial charge in [0, 0.05) is 12.8 Å².